The molecule has 0 fully saturated rings. The molecule has 6 heteroatoms. The fraction of sp³-hybridized carbons (Fsp3) is 0. The summed E-state index contributed by atoms with van der Waals surface area (Å²) in [5.74, 6) is 1.70. The highest BCUT2D eigenvalue weighted by Gasteiger charge is 2.19. The van der Waals surface area contributed by atoms with Crippen molar-refractivity contribution in [2.24, 2.45) is 0 Å². The Hall–Kier alpha value is -8.61. The molecule has 63 heavy (non-hydrogen) atoms. The average molecular weight is 807 g/mol. The second-order valence-corrected chi connectivity index (χ2v) is 16.0. The van der Waals surface area contributed by atoms with E-state index in [0.717, 1.165) is 88.4 Å². The monoisotopic (exact) mass is 806 g/mol. The lowest BCUT2D eigenvalue weighted by molar-refractivity contribution is 0.668. The third-order valence-electron chi connectivity index (χ3n) is 12.3. The Bertz CT molecular complexity index is 3900. The zero-order chi connectivity index (χ0) is 41.4. The quantitative estimate of drug-likeness (QED) is 0.167. The van der Waals surface area contributed by atoms with Crippen molar-refractivity contribution in [3.05, 3.63) is 206 Å². The van der Waals surface area contributed by atoms with Crippen LogP contribution in [0.25, 0.3) is 128 Å². The normalized spacial score (nSPS) is 11.8. The van der Waals surface area contributed by atoms with Crippen LogP contribution in [0.1, 0.15) is 0 Å². The molecule has 0 saturated carbocycles. The minimum absolute atomic E-state index is 0.554. The maximum Gasteiger partial charge on any atom is 0.164 e. The van der Waals surface area contributed by atoms with Gasteiger partial charge in [-0.1, -0.05) is 140 Å². The van der Waals surface area contributed by atoms with Gasteiger partial charge in [-0.3, -0.25) is 0 Å². The fourth-order valence-electron chi connectivity index (χ4n) is 9.28. The van der Waals surface area contributed by atoms with E-state index in [2.05, 4.69) is 162 Å². The van der Waals surface area contributed by atoms with Crippen LogP contribution in [0, 0.1) is 0 Å². The van der Waals surface area contributed by atoms with Gasteiger partial charge in [0.05, 0.1) is 11.0 Å². The highest BCUT2D eigenvalue weighted by atomic mass is 16.3. The van der Waals surface area contributed by atoms with Gasteiger partial charge in [0.15, 0.2) is 17.5 Å². The number of furan rings is 2. The molecule has 294 valence electrons. The largest absolute Gasteiger partial charge is 0.456 e. The molecule has 0 aliphatic rings. The summed E-state index contributed by atoms with van der Waals surface area (Å²) in [6.07, 6.45) is 0. The van der Waals surface area contributed by atoms with Gasteiger partial charge in [0.1, 0.15) is 22.3 Å². The number of para-hydroxylation sites is 1. The molecule has 0 unspecified atom stereocenters. The summed E-state index contributed by atoms with van der Waals surface area (Å²) < 4.78 is 15.6. The molecule has 4 aromatic heterocycles. The van der Waals surface area contributed by atoms with Gasteiger partial charge in [0.2, 0.25) is 0 Å². The first-order chi connectivity index (χ1) is 31.2. The van der Waals surface area contributed by atoms with Gasteiger partial charge in [-0.2, -0.15) is 0 Å². The van der Waals surface area contributed by atoms with Gasteiger partial charge in [0.25, 0.3) is 0 Å². The van der Waals surface area contributed by atoms with E-state index in [4.69, 9.17) is 23.8 Å². The molecular formula is C57H34N4O2. The Morgan fingerprint density at radius 3 is 1.38 bits per heavy atom. The van der Waals surface area contributed by atoms with E-state index in [1.807, 2.05) is 48.5 Å². The van der Waals surface area contributed by atoms with Crippen molar-refractivity contribution < 1.29 is 8.83 Å². The minimum Gasteiger partial charge on any atom is -0.456 e. The number of fused-ring (bicyclic) bond motifs is 9. The zero-order valence-electron chi connectivity index (χ0n) is 33.7. The van der Waals surface area contributed by atoms with Crippen LogP contribution in [0.4, 0.5) is 0 Å². The molecule has 0 N–H and O–H groups in total. The van der Waals surface area contributed by atoms with Gasteiger partial charge >= 0.3 is 0 Å². The van der Waals surface area contributed by atoms with Crippen LogP contribution >= 0.6 is 0 Å². The van der Waals surface area contributed by atoms with E-state index in [1.54, 1.807) is 0 Å². The number of aromatic nitrogens is 4. The van der Waals surface area contributed by atoms with Crippen molar-refractivity contribution >= 4 is 65.7 Å². The lowest BCUT2D eigenvalue weighted by Gasteiger charge is -2.09. The summed E-state index contributed by atoms with van der Waals surface area (Å²) in [6, 6.07) is 71.6. The molecule has 0 aliphatic heterocycles. The second-order valence-electron chi connectivity index (χ2n) is 16.0. The molecule has 13 rings (SSSR count). The number of nitrogens with zero attached hydrogens (tertiary/aromatic N) is 4. The van der Waals surface area contributed by atoms with E-state index in [1.165, 1.54) is 21.9 Å². The second kappa shape index (κ2) is 14.0. The first kappa shape index (κ1) is 35.2. The van der Waals surface area contributed by atoms with Crippen LogP contribution in [0.15, 0.2) is 215 Å². The van der Waals surface area contributed by atoms with Crippen molar-refractivity contribution in [2.75, 3.05) is 0 Å². The Morgan fingerprint density at radius 1 is 0.302 bits per heavy atom. The van der Waals surface area contributed by atoms with Crippen molar-refractivity contribution in [2.45, 2.75) is 0 Å². The smallest absolute Gasteiger partial charge is 0.164 e. The van der Waals surface area contributed by atoms with E-state index in [0.29, 0.717) is 17.5 Å². The third kappa shape index (κ3) is 5.76. The first-order valence-electron chi connectivity index (χ1n) is 21.1. The summed E-state index contributed by atoms with van der Waals surface area (Å²) in [7, 11) is 0. The highest BCUT2D eigenvalue weighted by Crippen LogP contribution is 2.41. The predicted molar refractivity (Wildman–Crippen MR) is 256 cm³/mol. The highest BCUT2D eigenvalue weighted by molar-refractivity contribution is 6.16. The number of hydrogen-bond acceptors (Lipinski definition) is 5. The molecule has 0 aliphatic carbocycles. The topological polar surface area (TPSA) is 69.9 Å². The van der Waals surface area contributed by atoms with E-state index in [9.17, 15) is 0 Å². The summed E-state index contributed by atoms with van der Waals surface area (Å²) in [5, 5.41) is 6.62. The lowest BCUT2D eigenvalue weighted by Crippen LogP contribution is -2.00. The van der Waals surface area contributed by atoms with Crippen LogP contribution < -0.4 is 0 Å². The summed E-state index contributed by atoms with van der Waals surface area (Å²) in [6.45, 7) is 0. The maximum atomic E-state index is 6.72. The standard InChI is InChI=1S/C57H34N4O2/c1-4-13-35(14-5-1)38-23-27-43-44-28-24-39(32-51(44)62-50(43)31-38)56-58-55(37-17-8-3-9-18-37)59-57(60-56)40-25-29-45-46-30-26-41(34-53(46)63-52(45)33-40)61-48-21-11-10-19-47(48)54-42(20-12-22-49(54)61)36-15-6-2-7-16-36/h1-34H. The molecule has 13 aromatic rings. The van der Waals surface area contributed by atoms with Crippen LogP contribution in [-0.2, 0) is 0 Å². The van der Waals surface area contributed by atoms with Gasteiger partial charge in [-0.25, -0.2) is 15.0 Å². The molecule has 0 saturated heterocycles. The Morgan fingerprint density at radius 2 is 0.762 bits per heavy atom. The molecule has 9 aromatic carbocycles. The number of rotatable bonds is 6. The fourth-order valence-corrected chi connectivity index (χ4v) is 9.28. The van der Waals surface area contributed by atoms with Crippen molar-refractivity contribution in [1.82, 2.24) is 19.5 Å². The summed E-state index contributed by atoms with van der Waals surface area (Å²) in [4.78, 5) is 15.2. The van der Waals surface area contributed by atoms with Gasteiger partial charge < -0.3 is 13.4 Å². The van der Waals surface area contributed by atoms with Crippen molar-refractivity contribution in [3.63, 3.8) is 0 Å². The number of benzene rings is 9. The van der Waals surface area contributed by atoms with E-state index in [-0.39, 0.29) is 0 Å². The van der Waals surface area contributed by atoms with Crippen LogP contribution in [0.2, 0.25) is 0 Å². The zero-order valence-corrected chi connectivity index (χ0v) is 33.7. The van der Waals surface area contributed by atoms with E-state index < -0.39 is 0 Å². The van der Waals surface area contributed by atoms with Crippen molar-refractivity contribution in [3.8, 4) is 62.1 Å². The van der Waals surface area contributed by atoms with Crippen LogP contribution in [0.3, 0.4) is 0 Å². The van der Waals surface area contributed by atoms with Gasteiger partial charge in [-0.05, 0) is 82.9 Å². The minimum atomic E-state index is 0.554. The molecule has 6 nitrogen and oxygen atoms in total. The lowest BCUT2D eigenvalue weighted by atomic mass is 9.99. The Balaban J connectivity index is 0.918. The van der Waals surface area contributed by atoms with E-state index >= 15 is 0 Å². The van der Waals surface area contributed by atoms with Crippen molar-refractivity contribution in [1.29, 1.82) is 0 Å². The molecule has 0 amide bonds. The average Bonchev–Trinajstić information content (AvgIpc) is 4.03. The van der Waals surface area contributed by atoms with Gasteiger partial charge in [-0.15, -0.1) is 0 Å². The number of hydrogen-bond donors (Lipinski definition) is 0. The molecule has 0 radical (unpaired) electrons. The molecular weight excluding hydrogens is 773 g/mol. The predicted octanol–water partition coefficient (Wildman–Crippen LogP) is 15.1. The third-order valence-corrected chi connectivity index (χ3v) is 12.3. The Kier molecular flexibility index (Phi) is 7.80. The summed E-state index contributed by atoms with van der Waals surface area (Å²) in [5.41, 5.74) is 13.7. The Labute approximate surface area is 361 Å². The molecule has 0 spiro atoms. The maximum absolute atomic E-state index is 6.72. The van der Waals surface area contributed by atoms with Crippen LogP contribution in [0.5, 0.6) is 0 Å². The molecule has 4 heterocycles. The summed E-state index contributed by atoms with van der Waals surface area (Å²) >= 11 is 0. The van der Waals surface area contributed by atoms with Crippen LogP contribution in [-0.4, -0.2) is 19.5 Å². The van der Waals surface area contributed by atoms with Gasteiger partial charge in [0, 0.05) is 60.8 Å². The molecule has 0 atom stereocenters. The molecule has 0 bridgehead atoms. The first-order valence-corrected chi connectivity index (χ1v) is 21.1. The SMILES string of the molecule is c1ccc(-c2ccc3c(c2)oc2cc(-c4nc(-c5ccccc5)nc(-c5ccc6c(c5)oc5cc(-n7c8ccccc8c8c(-c9ccccc9)cccc87)ccc56)n4)ccc23)cc1.